The lowest BCUT2D eigenvalue weighted by atomic mass is 10.3. The van der Waals surface area contributed by atoms with Crippen molar-refractivity contribution >= 4 is 7.25 Å². The van der Waals surface area contributed by atoms with Gasteiger partial charge in [0, 0.05) is 0 Å². The normalized spacial score (nSPS) is 10.7. The van der Waals surface area contributed by atoms with Crippen molar-refractivity contribution in [2.75, 3.05) is 26.4 Å². The Hall–Kier alpha value is -2.27. The fraction of sp³-hybridized carbons (Fsp3) is 0.182. The first kappa shape index (κ1) is 25.0. The van der Waals surface area contributed by atoms with Gasteiger partial charge in [0.15, 0.2) is 9.32 Å². The van der Waals surface area contributed by atoms with E-state index < -0.39 is 7.25 Å². The van der Waals surface area contributed by atoms with E-state index in [2.05, 4.69) is 42.5 Å². The second-order valence-electron chi connectivity index (χ2n) is 5.94. The SMILES string of the molecule is F[B-](F)(F)F.c1ccc(OCCOCCOc2ccccc2[I+]c2ccccc2)cc1. The number of hydrogen-bond acceptors (Lipinski definition) is 3. The van der Waals surface area contributed by atoms with Crippen molar-refractivity contribution in [3.63, 3.8) is 0 Å². The highest BCUT2D eigenvalue weighted by molar-refractivity contribution is 6.50. The maximum Gasteiger partial charge on any atom is 0.673 e. The molecule has 3 aromatic carbocycles. The second kappa shape index (κ2) is 13.9. The van der Waals surface area contributed by atoms with Crippen molar-refractivity contribution in [1.82, 2.24) is 0 Å². The van der Waals surface area contributed by atoms with Gasteiger partial charge in [-0.25, -0.2) is 0 Å². The van der Waals surface area contributed by atoms with Crippen LogP contribution in [0.1, 0.15) is 0 Å². The molecule has 0 amide bonds. The second-order valence-corrected chi connectivity index (χ2v) is 8.88. The van der Waals surface area contributed by atoms with E-state index in [1.807, 2.05) is 42.5 Å². The number of para-hydroxylation sites is 2. The Kier molecular flexibility index (Phi) is 11.2. The van der Waals surface area contributed by atoms with Crippen molar-refractivity contribution in [3.8, 4) is 11.5 Å². The highest BCUT2D eigenvalue weighted by Gasteiger charge is 2.21. The molecule has 9 heteroatoms. The van der Waals surface area contributed by atoms with Crippen molar-refractivity contribution in [2.24, 2.45) is 0 Å². The third kappa shape index (κ3) is 12.2. The van der Waals surface area contributed by atoms with Gasteiger partial charge in [-0.15, -0.1) is 0 Å². The summed E-state index contributed by atoms with van der Waals surface area (Å²) < 4.78 is 58.8. The van der Waals surface area contributed by atoms with Crippen molar-refractivity contribution in [3.05, 3.63) is 92.1 Å². The van der Waals surface area contributed by atoms with Gasteiger partial charge in [0.05, 0.1) is 13.2 Å². The smallest absolute Gasteiger partial charge is 0.491 e. The molecule has 0 aliphatic heterocycles. The van der Waals surface area contributed by atoms with E-state index in [0.29, 0.717) is 26.4 Å². The monoisotopic (exact) mass is 548 g/mol. The third-order valence-corrected chi connectivity index (χ3v) is 6.32. The fourth-order valence-corrected chi connectivity index (χ4v) is 4.72. The molecular formula is C22H22BF4IO3. The molecule has 0 spiro atoms. The van der Waals surface area contributed by atoms with Crippen molar-refractivity contribution in [1.29, 1.82) is 0 Å². The molecule has 3 rings (SSSR count). The van der Waals surface area contributed by atoms with E-state index in [9.17, 15) is 17.3 Å². The first-order chi connectivity index (χ1) is 14.9. The molecule has 3 aromatic rings. The molecule has 3 nitrogen and oxygen atoms in total. The van der Waals surface area contributed by atoms with Crippen LogP contribution in [-0.4, -0.2) is 33.7 Å². The molecule has 31 heavy (non-hydrogen) atoms. The average Bonchev–Trinajstić information content (AvgIpc) is 2.74. The average molecular weight is 548 g/mol. The summed E-state index contributed by atoms with van der Waals surface area (Å²) in [6, 6.07) is 28.6. The van der Waals surface area contributed by atoms with E-state index in [0.717, 1.165) is 11.5 Å². The van der Waals surface area contributed by atoms with Crippen LogP contribution < -0.4 is 30.7 Å². The Labute approximate surface area is 189 Å². The molecule has 0 unspecified atom stereocenters. The molecule has 0 N–H and O–H groups in total. The topological polar surface area (TPSA) is 27.7 Å². The highest BCUT2D eigenvalue weighted by Crippen LogP contribution is 2.09. The van der Waals surface area contributed by atoms with Gasteiger partial charge < -0.3 is 31.5 Å². The summed E-state index contributed by atoms with van der Waals surface area (Å²) >= 11 is -0.237. The van der Waals surface area contributed by atoms with Crippen LogP contribution in [0.4, 0.5) is 17.3 Å². The largest absolute Gasteiger partial charge is 0.673 e. The zero-order chi connectivity index (χ0) is 22.4. The van der Waals surface area contributed by atoms with Gasteiger partial charge in [0.2, 0.25) is 3.57 Å². The van der Waals surface area contributed by atoms with E-state index >= 15 is 0 Å². The Bertz CT molecular complexity index is 861. The minimum absolute atomic E-state index is 0.237. The Morgan fingerprint density at radius 1 is 0.613 bits per heavy atom. The Balaban J connectivity index is 0.000000614. The molecule has 0 aliphatic carbocycles. The summed E-state index contributed by atoms with van der Waals surface area (Å²) in [6.07, 6.45) is 0. The van der Waals surface area contributed by atoms with Crippen LogP contribution in [0.2, 0.25) is 0 Å². The van der Waals surface area contributed by atoms with E-state index in [4.69, 9.17) is 14.2 Å². The lowest BCUT2D eigenvalue weighted by Crippen LogP contribution is -3.61. The number of hydrogen-bond donors (Lipinski definition) is 0. The van der Waals surface area contributed by atoms with Crippen LogP contribution >= 0.6 is 0 Å². The van der Waals surface area contributed by atoms with Crippen LogP contribution in [0, 0.1) is 7.14 Å². The van der Waals surface area contributed by atoms with Gasteiger partial charge in [-0.1, -0.05) is 48.5 Å². The maximum atomic E-state index is 9.75. The summed E-state index contributed by atoms with van der Waals surface area (Å²) in [6.45, 7) is 2.19. The lowest BCUT2D eigenvalue weighted by Gasteiger charge is -2.08. The number of ether oxygens (including phenoxy) is 3. The highest BCUT2D eigenvalue weighted by atomic mass is 127. The van der Waals surface area contributed by atoms with Crippen LogP contribution in [0.25, 0.3) is 0 Å². The van der Waals surface area contributed by atoms with Gasteiger partial charge in [-0.3, -0.25) is 0 Å². The first-order valence-corrected chi connectivity index (χ1v) is 11.6. The summed E-state index contributed by atoms with van der Waals surface area (Å²) in [5.41, 5.74) is 0. The van der Waals surface area contributed by atoms with Crippen LogP contribution in [-0.2, 0) is 4.74 Å². The molecular weight excluding hydrogens is 526 g/mol. The fourth-order valence-electron chi connectivity index (χ4n) is 2.28. The van der Waals surface area contributed by atoms with Gasteiger partial charge in [0.1, 0.15) is 19.0 Å². The Morgan fingerprint density at radius 3 is 1.77 bits per heavy atom. The first-order valence-electron chi connectivity index (χ1n) is 9.46. The molecule has 166 valence electrons. The number of benzene rings is 3. The van der Waals surface area contributed by atoms with Crippen LogP contribution in [0.15, 0.2) is 84.9 Å². The zero-order valence-electron chi connectivity index (χ0n) is 16.6. The molecule has 0 heterocycles. The number of halogens is 5. The standard InChI is InChI=1S/C22H22IO3.BF4/c1-3-9-19(10-4-1)23-21-13-7-8-14-22(21)26-18-16-24-15-17-25-20-11-5-2-6-12-20;2-1(3,4)5/h1-14H,15-18H2;/q+1;-1. The third-order valence-electron chi connectivity index (χ3n) is 3.51. The maximum absolute atomic E-state index is 9.75. The minimum atomic E-state index is -6.00. The predicted octanol–water partition coefficient (Wildman–Crippen LogP) is 2.59. The van der Waals surface area contributed by atoms with Crippen LogP contribution in [0.3, 0.4) is 0 Å². The Morgan fingerprint density at radius 2 is 1.13 bits per heavy atom. The summed E-state index contributed by atoms with van der Waals surface area (Å²) in [5, 5.41) is 0. The molecule has 0 radical (unpaired) electrons. The van der Waals surface area contributed by atoms with Gasteiger partial charge in [-0.2, -0.15) is 0 Å². The predicted molar refractivity (Wildman–Crippen MR) is 109 cm³/mol. The molecule has 0 bridgehead atoms. The van der Waals surface area contributed by atoms with Gasteiger partial charge >= 0.3 is 28.5 Å². The van der Waals surface area contributed by atoms with Gasteiger partial charge in [0.25, 0.3) is 0 Å². The molecule has 0 aliphatic rings. The zero-order valence-corrected chi connectivity index (χ0v) is 18.8. The quantitative estimate of drug-likeness (QED) is 0.169. The molecule has 0 saturated heterocycles. The summed E-state index contributed by atoms with van der Waals surface area (Å²) in [5.74, 6) is 1.83. The minimum Gasteiger partial charge on any atom is -0.491 e. The summed E-state index contributed by atoms with van der Waals surface area (Å²) in [7, 11) is -6.00. The molecule has 0 atom stereocenters. The van der Waals surface area contributed by atoms with Crippen molar-refractivity contribution < 1.29 is 52.7 Å². The van der Waals surface area contributed by atoms with Gasteiger partial charge in [-0.05, 0) is 36.4 Å². The van der Waals surface area contributed by atoms with Crippen molar-refractivity contribution in [2.45, 2.75) is 0 Å². The molecule has 0 saturated carbocycles. The summed E-state index contributed by atoms with van der Waals surface area (Å²) in [4.78, 5) is 0. The van der Waals surface area contributed by atoms with E-state index in [1.54, 1.807) is 0 Å². The molecule has 0 fully saturated rings. The van der Waals surface area contributed by atoms with E-state index in [-0.39, 0.29) is 21.2 Å². The van der Waals surface area contributed by atoms with Crippen LogP contribution in [0.5, 0.6) is 11.5 Å². The molecule has 0 aromatic heterocycles. The number of rotatable bonds is 10. The lowest BCUT2D eigenvalue weighted by molar-refractivity contribution is -0.598. The van der Waals surface area contributed by atoms with E-state index in [1.165, 1.54) is 7.14 Å².